The van der Waals surface area contributed by atoms with Crippen LogP contribution in [-0.4, -0.2) is 0 Å². The lowest BCUT2D eigenvalue weighted by Crippen LogP contribution is -2.01. The average Bonchev–Trinajstić information content (AvgIpc) is 2.32. The summed E-state index contributed by atoms with van der Waals surface area (Å²) in [6, 6.07) is 9.44. The lowest BCUT2D eigenvalue weighted by molar-refractivity contribution is 0.620. The summed E-state index contributed by atoms with van der Waals surface area (Å²) in [5.41, 5.74) is 2.67. The fourth-order valence-corrected chi connectivity index (χ4v) is 2.10. The summed E-state index contributed by atoms with van der Waals surface area (Å²) in [5.74, 6) is -0.528. The standard InChI is InChI=1S/C14H12BrF2N/c1-9-6-11(16)3-5-14(9)18-8-10-2-4-13(17)12(15)7-10/h2-7,18H,8H2,1H3. The van der Waals surface area contributed by atoms with Gasteiger partial charge >= 0.3 is 0 Å². The van der Waals surface area contributed by atoms with Crippen LogP contribution in [0.1, 0.15) is 11.1 Å². The normalized spacial score (nSPS) is 10.4. The van der Waals surface area contributed by atoms with Crippen LogP contribution in [0.4, 0.5) is 14.5 Å². The highest BCUT2D eigenvalue weighted by Crippen LogP contribution is 2.19. The van der Waals surface area contributed by atoms with Crippen LogP contribution >= 0.6 is 15.9 Å². The Hall–Kier alpha value is -1.42. The monoisotopic (exact) mass is 311 g/mol. The molecular weight excluding hydrogens is 300 g/mol. The van der Waals surface area contributed by atoms with Gasteiger partial charge in [0.05, 0.1) is 4.47 Å². The fourth-order valence-electron chi connectivity index (χ4n) is 1.67. The summed E-state index contributed by atoms with van der Waals surface area (Å²) in [6.07, 6.45) is 0. The molecule has 0 amide bonds. The van der Waals surface area contributed by atoms with Crippen molar-refractivity contribution in [3.05, 3.63) is 63.6 Å². The molecule has 0 unspecified atom stereocenters. The number of anilines is 1. The zero-order valence-electron chi connectivity index (χ0n) is 9.81. The topological polar surface area (TPSA) is 12.0 Å². The number of hydrogen-bond donors (Lipinski definition) is 1. The third kappa shape index (κ3) is 3.07. The highest BCUT2D eigenvalue weighted by Gasteiger charge is 2.02. The second kappa shape index (κ2) is 5.48. The van der Waals surface area contributed by atoms with Crippen molar-refractivity contribution in [3.8, 4) is 0 Å². The lowest BCUT2D eigenvalue weighted by Gasteiger charge is -2.10. The van der Waals surface area contributed by atoms with Crippen LogP contribution in [0.3, 0.4) is 0 Å². The van der Waals surface area contributed by atoms with Crippen molar-refractivity contribution in [2.45, 2.75) is 13.5 Å². The van der Waals surface area contributed by atoms with Gasteiger partial charge in [0, 0.05) is 12.2 Å². The van der Waals surface area contributed by atoms with Gasteiger partial charge < -0.3 is 5.32 Å². The van der Waals surface area contributed by atoms with Crippen molar-refractivity contribution in [2.75, 3.05) is 5.32 Å². The van der Waals surface area contributed by atoms with Crippen LogP contribution in [0.2, 0.25) is 0 Å². The van der Waals surface area contributed by atoms with Gasteiger partial charge in [-0.05, 0) is 64.3 Å². The van der Waals surface area contributed by atoms with E-state index in [1.807, 2.05) is 6.92 Å². The molecule has 0 saturated carbocycles. The Morgan fingerprint density at radius 3 is 2.56 bits per heavy atom. The summed E-state index contributed by atoms with van der Waals surface area (Å²) >= 11 is 3.14. The number of aryl methyl sites for hydroxylation is 1. The minimum Gasteiger partial charge on any atom is -0.381 e. The first kappa shape index (κ1) is 13.0. The highest BCUT2D eigenvalue weighted by molar-refractivity contribution is 9.10. The van der Waals surface area contributed by atoms with Crippen LogP contribution in [-0.2, 0) is 6.54 Å². The van der Waals surface area contributed by atoms with Gasteiger partial charge in [-0.1, -0.05) is 6.07 Å². The Morgan fingerprint density at radius 1 is 1.11 bits per heavy atom. The van der Waals surface area contributed by atoms with Gasteiger partial charge in [0.1, 0.15) is 11.6 Å². The molecule has 0 aliphatic rings. The number of rotatable bonds is 3. The molecule has 2 aromatic rings. The third-order valence-electron chi connectivity index (χ3n) is 2.66. The highest BCUT2D eigenvalue weighted by atomic mass is 79.9. The van der Waals surface area contributed by atoms with Crippen LogP contribution in [0.15, 0.2) is 40.9 Å². The van der Waals surface area contributed by atoms with Gasteiger partial charge in [0.25, 0.3) is 0 Å². The first-order chi connectivity index (χ1) is 8.56. The molecule has 1 N–H and O–H groups in total. The van der Waals surface area contributed by atoms with E-state index in [4.69, 9.17) is 0 Å². The predicted molar refractivity (Wildman–Crippen MR) is 72.6 cm³/mol. The largest absolute Gasteiger partial charge is 0.381 e. The maximum atomic E-state index is 13.1. The molecule has 18 heavy (non-hydrogen) atoms. The van der Waals surface area contributed by atoms with Crippen LogP contribution in [0.25, 0.3) is 0 Å². The lowest BCUT2D eigenvalue weighted by atomic mass is 10.1. The Labute approximate surface area is 113 Å². The Morgan fingerprint density at radius 2 is 1.89 bits per heavy atom. The van der Waals surface area contributed by atoms with Crippen LogP contribution in [0.5, 0.6) is 0 Å². The average molecular weight is 312 g/mol. The molecule has 94 valence electrons. The van der Waals surface area contributed by atoms with E-state index in [0.717, 1.165) is 16.8 Å². The van der Waals surface area contributed by atoms with Crippen molar-refractivity contribution in [3.63, 3.8) is 0 Å². The molecule has 0 saturated heterocycles. The van der Waals surface area contributed by atoms with Gasteiger partial charge in [-0.15, -0.1) is 0 Å². The van der Waals surface area contributed by atoms with Gasteiger partial charge in [0.15, 0.2) is 0 Å². The van der Waals surface area contributed by atoms with Crippen molar-refractivity contribution < 1.29 is 8.78 Å². The smallest absolute Gasteiger partial charge is 0.137 e. The first-order valence-corrected chi connectivity index (χ1v) is 6.29. The molecule has 0 bridgehead atoms. The predicted octanol–water partition coefficient (Wildman–Crippen LogP) is 4.65. The number of benzene rings is 2. The summed E-state index contributed by atoms with van der Waals surface area (Å²) in [4.78, 5) is 0. The van der Waals surface area contributed by atoms with E-state index in [9.17, 15) is 8.78 Å². The molecule has 2 aromatic carbocycles. The van der Waals surface area contributed by atoms with Crippen molar-refractivity contribution in [1.29, 1.82) is 0 Å². The molecular formula is C14H12BrF2N. The maximum absolute atomic E-state index is 13.1. The van der Waals surface area contributed by atoms with Gasteiger partial charge in [-0.2, -0.15) is 0 Å². The number of halogens is 3. The quantitative estimate of drug-likeness (QED) is 0.870. The van der Waals surface area contributed by atoms with Crippen molar-refractivity contribution in [1.82, 2.24) is 0 Å². The minimum absolute atomic E-state index is 0.248. The van der Waals surface area contributed by atoms with Gasteiger partial charge in [0.2, 0.25) is 0 Å². The molecule has 0 heterocycles. The zero-order chi connectivity index (χ0) is 13.1. The second-order valence-corrected chi connectivity index (χ2v) is 4.92. The summed E-state index contributed by atoms with van der Waals surface area (Å²) in [7, 11) is 0. The Kier molecular flexibility index (Phi) is 3.97. The maximum Gasteiger partial charge on any atom is 0.137 e. The van der Waals surface area contributed by atoms with Crippen molar-refractivity contribution in [2.24, 2.45) is 0 Å². The van der Waals surface area contributed by atoms with E-state index in [-0.39, 0.29) is 11.6 Å². The molecule has 0 fully saturated rings. The van der Waals surface area contributed by atoms with Crippen LogP contribution in [0, 0.1) is 18.6 Å². The van der Waals surface area contributed by atoms with Gasteiger partial charge in [-0.25, -0.2) is 8.78 Å². The fraction of sp³-hybridized carbons (Fsp3) is 0.143. The molecule has 0 aliphatic heterocycles. The Balaban J connectivity index is 2.09. The molecule has 0 aliphatic carbocycles. The number of nitrogens with one attached hydrogen (secondary N) is 1. The van der Waals surface area contributed by atoms with Crippen LogP contribution < -0.4 is 5.32 Å². The number of hydrogen-bond acceptors (Lipinski definition) is 1. The third-order valence-corrected chi connectivity index (χ3v) is 3.26. The minimum atomic E-state index is -0.281. The van der Waals surface area contributed by atoms with Crippen molar-refractivity contribution >= 4 is 21.6 Å². The second-order valence-electron chi connectivity index (χ2n) is 4.06. The molecule has 1 nitrogen and oxygen atoms in total. The first-order valence-electron chi connectivity index (χ1n) is 5.50. The zero-order valence-corrected chi connectivity index (χ0v) is 11.4. The van der Waals surface area contributed by atoms with E-state index in [2.05, 4.69) is 21.2 Å². The van der Waals surface area contributed by atoms with E-state index >= 15 is 0 Å². The van der Waals surface area contributed by atoms with Gasteiger partial charge in [-0.3, -0.25) is 0 Å². The molecule has 0 radical (unpaired) electrons. The van der Waals surface area contributed by atoms with E-state index < -0.39 is 0 Å². The SMILES string of the molecule is Cc1cc(F)ccc1NCc1ccc(F)c(Br)c1. The van der Waals surface area contributed by atoms with E-state index in [1.165, 1.54) is 18.2 Å². The molecule has 0 aromatic heterocycles. The summed E-state index contributed by atoms with van der Waals surface area (Å²) in [6.45, 7) is 2.40. The molecule has 0 atom stereocenters. The molecule has 0 spiro atoms. The van der Waals surface area contributed by atoms with E-state index in [0.29, 0.717) is 11.0 Å². The molecule has 2 rings (SSSR count). The summed E-state index contributed by atoms with van der Waals surface area (Å²) in [5, 5.41) is 3.19. The molecule has 4 heteroatoms. The Bertz CT molecular complexity index is 570. The van der Waals surface area contributed by atoms with E-state index in [1.54, 1.807) is 18.2 Å². The summed E-state index contributed by atoms with van der Waals surface area (Å²) < 4.78 is 26.4.